The molecule has 0 N–H and O–H groups in total. The first-order chi connectivity index (χ1) is 9.67. The van der Waals surface area contributed by atoms with Gasteiger partial charge in [-0.05, 0) is 40.5 Å². The van der Waals surface area contributed by atoms with Gasteiger partial charge >= 0.3 is 0 Å². The van der Waals surface area contributed by atoms with E-state index in [0.29, 0.717) is 0 Å². The van der Waals surface area contributed by atoms with E-state index in [1.807, 2.05) is 0 Å². The van der Waals surface area contributed by atoms with Crippen LogP contribution in [0.15, 0.2) is 27.6 Å². The van der Waals surface area contributed by atoms with Gasteiger partial charge in [0.15, 0.2) is 9.84 Å². The Morgan fingerprint density at radius 3 is 2.57 bits per heavy atom. The predicted molar refractivity (Wildman–Crippen MR) is 80.7 cm³/mol. The summed E-state index contributed by atoms with van der Waals surface area (Å²) in [6, 6.07) is 2.97. The Labute approximate surface area is 132 Å². The third-order valence-electron chi connectivity index (χ3n) is 3.42. The molecule has 1 saturated heterocycles. The summed E-state index contributed by atoms with van der Waals surface area (Å²) >= 11 is 2.97. The zero-order chi connectivity index (χ0) is 15.8. The van der Waals surface area contributed by atoms with Gasteiger partial charge in [0.2, 0.25) is 10.0 Å². The van der Waals surface area contributed by atoms with Crippen LogP contribution in [0.25, 0.3) is 0 Å². The molecule has 1 atom stereocenters. The van der Waals surface area contributed by atoms with Crippen LogP contribution in [0.4, 0.5) is 4.39 Å². The highest BCUT2D eigenvalue weighted by atomic mass is 79.9. The van der Waals surface area contributed by atoms with Crippen molar-refractivity contribution >= 4 is 35.8 Å². The second-order valence-electron chi connectivity index (χ2n) is 4.84. The van der Waals surface area contributed by atoms with Crippen molar-refractivity contribution in [2.45, 2.75) is 24.3 Å². The lowest BCUT2D eigenvalue weighted by atomic mass is 10.3. The predicted octanol–water partition coefficient (Wildman–Crippen LogP) is 1.79. The summed E-state index contributed by atoms with van der Waals surface area (Å²) in [5.74, 6) is -0.872. The molecule has 1 heterocycles. The van der Waals surface area contributed by atoms with E-state index in [-0.39, 0.29) is 33.8 Å². The van der Waals surface area contributed by atoms with Crippen LogP contribution in [0.2, 0.25) is 0 Å². The van der Waals surface area contributed by atoms with E-state index in [1.165, 1.54) is 12.1 Å². The van der Waals surface area contributed by atoms with E-state index in [1.54, 1.807) is 6.92 Å². The molecule has 0 amide bonds. The molecule has 0 aliphatic carbocycles. The number of sulfonamides is 1. The molecule has 1 aromatic rings. The van der Waals surface area contributed by atoms with Crippen LogP contribution in [-0.2, 0) is 19.9 Å². The van der Waals surface area contributed by atoms with Gasteiger partial charge in [-0.25, -0.2) is 21.2 Å². The van der Waals surface area contributed by atoms with Crippen molar-refractivity contribution in [1.82, 2.24) is 4.31 Å². The number of sulfone groups is 1. The van der Waals surface area contributed by atoms with Crippen molar-refractivity contribution in [2.75, 3.05) is 18.1 Å². The Kier molecular flexibility index (Phi) is 4.77. The molecule has 0 spiro atoms. The molecule has 0 aromatic heterocycles. The molecule has 118 valence electrons. The van der Waals surface area contributed by atoms with Crippen LogP contribution in [0, 0.1) is 5.82 Å². The minimum Gasteiger partial charge on any atom is -0.229 e. The summed E-state index contributed by atoms with van der Waals surface area (Å²) in [5.41, 5.74) is 0. The Hall–Kier alpha value is -0.510. The summed E-state index contributed by atoms with van der Waals surface area (Å²) in [6.45, 7) is 1.78. The second kappa shape index (κ2) is 5.94. The maximum absolute atomic E-state index is 13.6. The monoisotopic (exact) mass is 399 g/mol. The summed E-state index contributed by atoms with van der Waals surface area (Å²) in [6.07, 6.45) is 0.272. The van der Waals surface area contributed by atoms with Crippen molar-refractivity contribution < 1.29 is 21.2 Å². The van der Waals surface area contributed by atoms with Crippen molar-refractivity contribution in [2.24, 2.45) is 0 Å². The lowest BCUT2D eigenvalue weighted by molar-refractivity contribution is 0.354. The lowest BCUT2D eigenvalue weighted by Gasteiger charge is -2.26. The summed E-state index contributed by atoms with van der Waals surface area (Å²) < 4.78 is 63.1. The third kappa shape index (κ3) is 3.46. The number of nitrogens with zero attached hydrogens (tertiary/aromatic N) is 1. The van der Waals surface area contributed by atoms with Gasteiger partial charge in [0.1, 0.15) is 5.82 Å². The maximum Gasteiger partial charge on any atom is 0.243 e. The number of halogens is 2. The SMILES string of the molecule is CCN(C1CCS(=O)(=O)C1)S(=O)(=O)c1ccc(Br)c(F)c1. The van der Waals surface area contributed by atoms with Gasteiger partial charge < -0.3 is 0 Å². The van der Waals surface area contributed by atoms with Gasteiger partial charge in [-0.2, -0.15) is 4.31 Å². The Bertz CT molecular complexity index is 749. The standard InChI is InChI=1S/C12H15BrFNO4S2/c1-2-15(9-5-6-20(16,17)8-9)21(18,19)10-3-4-11(13)12(14)7-10/h3-4,7,9H,2,5-6,8H2,1H3. The Morgan fingerprint density at radius 1 is 1.43 bits per heavy atom. The molecule has 2 rings (SSSR count). The Morgan fingerprint density at radius 2 is 2.10 bits per heavy atom. The average Bonchev–Trinajstić information content (AvgIpc) is 2.73. The first kappa shape index (κ1) is 16.9. The van der Waals surface area contributed by atoms with Crippen LogP contribution in [0.1, 0.15) is 13.3 Å². The number of rotatable bonds is 4. The molecule has 0 radical (unpaired) electrons. The number of hydrogen-bond acceptors (Lipinski definition) is 4. The van der Waals surface area contributed by atoms with E-state index < -0.39 is 31.7 Å². The van der Waals surface area contributed by atoms with Gasteiger partial charge in [0, 0.05) is 12.6 Å². The molecule has 1 unspecified atom stereocenters. The molecule has 1 aliphatic rings. The molecule has 9 heteroatoms. The summed E-state index contributed by atoms with van der Waals surface area (Å²) in [5, 5.41) is 0. The zero-order valence-electron chi connectivity index (χ0n) is 11.3. The first-order valence-corrected chi connectivity index (χ1v) is 10.4. The normalized spacial score (nSPS) is 21.8. The Balaban J connectivity index is 2.38. The van der Waals surface area contributed by atoms with Crippen molar-refractivity contribution in [3.05, 3.63) is 28.5 Å². The van der Waals surface area contributed by atoms with E-state index in [9.17, 15) is 21.2 Å². The quantitative estimate of drug-likeness (QED) is 0.773. The fraction of sp³-hybridized carbons (Fsp3) is 0.500. The van der Waals surface area contributed by atoms with Crippen molar-refractivity contribution in [1.29, 1.82) is 0 Å². The third-order valence-corrected chi connectivity index (χ3v) is 7.84. The molecule has 0 bridgehead atoms. The highest BCUT2D eigenvalue weighted by Crippen LogP contribution is 2.26. The van der Waals surface area contributed by atoms with E-state index in [4.69, 9.17) is 0 Å². The molecule has 21 heavy (non-hydrogen) atoms. The van der Waals surface area contributed by atoms with Crippen LogP contribution in [0.3, 0.4) is 0 Å². The summed E-state index contributed by atoms with van der Waals surface area (Å²) in [7, 11) is -7.11. The zero-order valence-corrected chi connectivity index (χ0v) is 14.5. The first-order valence-electron chi connectivity index (χ1n) is 6.34. The maximum atomic E-state index is 13.6. The fourth-order valence-electron chi connectivity index (χ4n) is 2.40. The van der Waals surface area contributed by atoms with Crippen molar-refractivity contribution in [3.8, 4) is 0 Å². The fourth-order valence-corrected chi connectivity index (χ4v) is 6.15. The molecule has 0 saturated carbocycles. The van der Waals surface area contributed by atoms with Gasteiger partial charge in [0.05, 0.1) is 20.9 Å². The van der Waals surface area contributed by atoms with Crippen LogP contribution in [0.5, 0.6) is 0 Å². The topological polar surface area (TPSA) is 71.5 Å². The molecule has 1 aliphatic heterocycles. The van der Waals surface area contributed by atoms with Gasteiger partial charge in [0.25, 0.3) is 0 Å². The van der Waals surface area contributed by atoms with Gasteiger partial charge in [-0.3, -0.25) is 0 Å². The molecule has 1 fully saturated rings. The highest BCUT2D eigenvalue weighted by Gasteiger charge is 2.38. The van der Waals surface area contributed by atoms with E-state index in [0.717, 1.165) is 10.4 Å². The summed E-state index contributed by atoms with van der Waals surface area (Å²) in [4.78, 5) is -0.172. The lowest BCUT2D eigenvalue weighted by Crippen LogP contribution is -2.40. The molecule has 1 aromatic carbocycles. The highest BCUT2D eigenvalue weighted by molar-refractivity contribution is 9.10. The van der Waals surface area contributed by atoms with Crippen LogP contribution in [-0.4, -0.2) is 45.2 Å². The van der Waals surface area contributed by atoms with Crippen LogP contribution < -0.4 is 0 Å². The largest absolute Gasteiger partial charge is 0.243 e. The minimum atomic E-state index is -3.92. The van der Waals surface area contributed by atoms with Crippen LogP contribution >= 0.6 is 15.9 Å². The molecule has 5 nitrogen and oxygen atoms in total. The second-order valence-corrected chi connectivity index (χ2v) is 9.81. The minimum absolute atomic E-state index is 0.0155. The number of benzene rings is 1. The van der Waals surface area contributed by atoms with Gasteiger partial charge in [-0.1, -0.05) is 6.92 Å². The molecular weight excluding hydrogens is 385 g/mol. The van der Waals surface area contributed by atoms with Crippen molar-refractivity contribution in [3.63, 3.8) is 0 Å². The average molecular weight is 400 g/mol. The van der Waals surface area contributed by atoms with Gasteiger partial charge in [-0.15, -0.1) is 0 Å². The number of hydrogen-bond donors (Lipinski definition) is 0. The van der Waals surface area contributed by atoms with E-state index in [2.05, 4.69) is 15.9 Å². The smallest absolute Gasteiger partial charge is 0.229 e. The molecular formula is C12H15BrFNO4S2. The van der Waals surface area contributed by atoms with E-state index >= 15 is 0 Å².